The number of morpholine rings is 1. The lowest BCUT2D eigenvalue weighted by Gasteiger charge is -2.34. The molecule has 0 aliphatic carbocycles. The van der Waals surface area contributed by atoms with Gasteiger partial charge in [-0.1, -0.05) is 22.0 Å². The lowest BCUT2D eigenvalue weighted by Crippen LogP contribution is -2.44. The quantitative estimate of drug-likeness (QED) is 0.741. The van der Waals surface area contributed by atoms with E-state index in [1.54, 1.807) is 11.3 Å². The van der Waals surface area contributed by atoms with Crippen LogP contribution in [0.25, 0.3) is 0 Å². The molecule has 134 valence electrons. The van der Waals surface area contributed by atoms with E-state index >= 15 is 0 Å². The molecule has 0 saturated carbocycles. The number of hydrogen-bond donors (Lipinski definition) is 1. The number of rotatable bonds is 7. The molecule has 0 bridgehead atoms. The third-order valence-corrected chi connectivity index (χ3v) is 5.54. The molecule has 1 amide bonds. The van der Waals surface area contributed by atoms with Crippen molar-refractivity contribution in [1.29, 1.82) is 0 Å². The standard InChI is InChI=1S/C18H21BrN2O3S/c19-14-3-5-15(6-4-14)24-13-18(22)20-12-16(17-2-1-11-25-17)21-7-9-23-10-8-21/h1-6,11,16H,7-10,12-13H2,(H,20,22)/t16-/m1/s1. The maximum absolute atomic E-state index is 12.2. The first kappa shape index (κ1) is 18.4. The SMILES string of the molecule is O=C(COc1ccc(Br)cc1)NC[C@H](c1cccs1)N1CCOCC1. The molecule has 0 unspecified atom stereocenters. The van der Waals surface area contributed by atoms with Crippen LogP contribution in [0.3, 0.4) is 0 Å². The highest BCUT2D eigenvalue weighted by Crippen LogP contribution is 2.25. The van der Waals surface area contributed by atoms with Gasteiger partial charge in [-0.15, -0.1) is 11.3 Å². The molecular weight excluding hydrogens is 404 g/mol. The molecule has 2 aromatic rings. The molecule has 1 aromatic heterocycles. The Labute approximate surface area is 160 Å². The van der Waals surface area contributed by atoms with Gasteiger partial charge in [0.1, 0.15) is 5.75 Å². The molecule has 3 rings (SSSR count). The Kier molecular flexibility index (Phi) is 6.86. The molecule has 1 saturated heterocycles. The van der Waals surface area contributed by atoms with E-state index < -0.39 is 0 Å². The Bertz CT molecular complexity index is 657. The second-order valence-electron chi connectivity index (χ2n) is 5.73. The molecule has 1 aliphatic rings. The van der Waals surface area contributed by atoms with Crippen LogP contribution in [0.1, 0.15) is 10.9 Å². The van der Waals surface area contributed by atoms with Crippen molar-refractivity contribution in [3.8, 4) is 5.75 Å². The van der Waals surface area contributed by atoms with Crippen molar-refractivity contribution < 1.29 is 14.3 Å². The summed E-state index contributed by atoms with van der Waals surface area (Å²) in [5.74, 6) is 0.569. The lowest BCUT2D eigenvalue weighted by atomic mass is 10.2. The second-order valence-corrected chi connectivity index (χ2v) is 7.62. The Hall–Kier alpha value is -1.41. The van der Waals surface area contributed by atoms with Crippen molar-refractivity contribution in [1.82, 2.24) is 10.2 Å². The van der Waals surface area contributed by atoms with Gasteiger partial charge in [0.25, 0.3) is 5.91 Å². The first-order chi connectivity index (χ1) is 12.2. The number of ether oxygens (including phenoxy) is 2. The highest BCUT2D eigenvalue weighted by Gasteiger charge is 2.23. The summed E-state index contributed by atoms with van der Waals surface area (Å²) in [6.07, 6.45) is 0. The third kappa shape index (κ3) is 5.54. The van der Waals surface area contributed by atoms with E-state index in [4.69, 9.17) is 9.47 Å². The second kappa shape index (κ2) is 9.33. The summed E-state index contributed by atoms with van der Waals surface area (Å²) in [6, 6.07) is 11.8. The van der Waals surface area contributed by atoms with E-state index in [-0.39, 0.29) is 18.6 Å². The fourth-order valence-electron chi connectivity index (χ4n) is 2.72. The maximum atomic E-state index is 12.2. The summed E-state index contributed by atoms with van der Waals surface area (Å²) in [5, 5.41) is 5.07. The summed E-state index contributed by atoms with van der Waals surface area (Å²) in [5.41, 5.74) is 0. The number of benzene rings is 1. The van der Waals surface area contributed by atoms with Crippen LogP contribution >= 0.6 is 27.3 Å². The number of carbonyl (C=O) groups is 1. The summed E-state index contributed by atoms with van der Waals surface area (Å²) in [4.78, 5) is 15.8. The maximum Gasteiger partial charge on any atom is 0.258 e. The van der Waals surface area contributed by atoms with E-state index in [0.29, 0.717) is 12.3 Å². The zero-order chi connectivity index (χ0) is 17.5. The van der Waals surface area contributed by atoms with Gasteiger partial charge in [-0.05, 0) is 35.7 Å². The minimum absolute atomic E-state index is 0.0158. The van der Waals surface area contributed by atoms with Crippen LogP contribution in [-0.2, 0) is 9.53 Å². The molecule has 1 aliphatic heterocycles. The number of amides is 1. The molecule has 1 fully saturated rings. The zero-order valence-electron chi connectivity index (χ0n) is 13.8. The van der Waals surface area contributed by atoms with Crippen molar-refractivity contribution in [2.45, 2.75) is 6.04 Å². The van der Waals surface area contributed by atoms with Crippen LogP contribution in [0, 0.1) is 0 Å². The number of thiophene rings is 1. The van der Waals surface area contributed by atoms with Gasteiger partial charge in [0.2, 0.25) is 0 Å². The first-order valence-electron chi connectivity index (χ1n) is 8.22. The Morgan fingerprint density at radius 3 is 2.72 bits per heavy atom. The minimum Gasteiger partial charge on any atom is -0.484 e. The van der Waals surface area contributed by atoms with Crippen molar-refractivity contribution in [2.75, 3.05) is 39.5 Å². The van der Waals surface area contributed by atoms with Gasteiger partial charge >= 0.3 is 0 Å². The molecule has 5 nitrogen and oxygen atoms in total. The van der Waals surface area contributed by atoms with Crippen molar-refractivity contribution in [3.63, 3.8) is 0 Å². The average Bonchev–Trinajstić information content (AvgIpc) is 3.17. The van der Waals surface area contributed by atoms with Crippen LogP contribution in [0.2, 0.25) is 0 Å². The topological polar surface area (TPSA) is 50.8 Å². The highest BCUT2D eigenvalue weighted by atomic mass is 79.9. The van der Waals surface area contributed by atoms with Crippen molar-refractivity contribution in [2.24, 2.45) is 0 Å². The van der Waals surface area contributed by atoms with Crippen LogP contribution in [0.15, 0.2) is 46.3 Å². The predicted octanol–water partition coefficient (Wildman–Crippen LogP) is 3.08. The summed E-state index contributed by atoms with van der Waals surface area (Å²) in [7, 11) is 0. The number of halogens is 1. The van der Waals surface area contributed by atoms with Gasteiger partial charge in [-0.3, -0.25) is 9.69 Å². The largest absolute Gasteiger partial charge is 0.484 e. The van der Waals surface area contributed by atoms with E-state index in [1.165, 1.54) is 4.88 Å². The van der Waals surface area contributed by atoms with Crippen LogP contribution < -0.4 is 10.1 Å². The van der Waals surface area contributed by atoms with Crippen LogP contribution in [-0.4, -0.2) is 50.3 Å². The third-order valence-electron chi connectivity index (χ3n) is 4.03. The zero-order valence-corrected chi connectivity index (χ0v) is 16.2. The van der Waals surface area contributed by atoms with Gasteiger partial charge in [-0.25, -0.2) is 0 Å². The molecule has 2 heterocycles. The molecular formula is C18H21BrN2O3S. The molecule has 1 aromatic carbocycles. The molecule has 25 heavy (non-hydrogen) atoms. The number of nitrogens with zero attached hydrogens (tertiary/aromatic N) is 1. The fraction of sp³-hybridized carbons (Fsp3) is 0.389. The summed E-state index contributed by atoms with van der Waals surface area (Å²) < 4.78 is 11.9. The van der Waals surface area contributed by atoms with Crippen LogP contribution in [0.5, 0.6) is 5.75 Å². The number of hydrogen-bond acceptors (Lipinski definition) is 5. The van der Waals surface area contributed by atoms with E-state index in [2.05, 4.69) is 37.6 Å². The van der Waals surface area contributed by atoms with Gasteiger partial charge in [0.15, 0.2) is 6.61 Å². The number of nitrogens with one attached hydrogen (secondary N) is 1. The summed E-state index contributed by atoms with van der Waals surface area (Å²) in [6.45, 7) is 3.83. The van der Waals surface area contributed by atoms with Crippen LogP contribution in [0.4, 0.5) is 0 Å². The smallest absolute Gasteiger partial charge is 0.258 e. The molecule has 1 atom stereocenters. The molecule has 7 heteroatoms. The lowest BCUT2D eigenvalue weighted by molar-refractivity contribution is -0.123. The summed E-state index contributed by atoms with van der Waals surface area (Å²) >= 11 is 5.09. The van der Waals surface area contributed by atoms with E-state index in [1.807, 2.05) is 30.3 Å². The average molecular weight is 425 g/mol. The van der Waals surface area contributed by atoms with Gasteiger partial charge < -0.3 is 14.8 Å². The Morgan fingerprint density at radius 1 is 1.28 bits per heavy atom. The van der Waals surface area contributed by atoms with E-state index in [0.717, 1.165) is 30.8 Å². The first-order valence-corrected chi connectivity index (χ1v) is 9.90. The normalized spacial score (nSPS) is 16.4. The van der Waals surface area contributed by atoms with Gasteiger partial charge in [-0.2, -0.15) is 0 Å². The van der Waals surface area contributed by atoms with Crippen molar-refractivity contribution >= 4 is 33.2 Å². The van der Waals surface area contributed by atoms with Gasteiger partial charge in [0.05, 0.1) is 19.3 Å². The Morgan fingerprint density at radius 2 is 2.04 bits per heavy atom. The molecule has 1 N–H and O–H groups in total. The predicted molar refractivity (Wildman–Crippen MR) is 102 cm³/mol. The number of carbonyl (C=O) groups excluding carboxylic acids is 1. The van der Waals surface area contributed by atoms with Crippen molar-refractivity contribution in [3.05, 3.63) is 51.1 Å². The highest BCUT2D eigenvalue weighted by molar-refractivity contribution is 9.10. The fourth-order valence-corrected chi connectivity index (χ4v) is 3.85. The minimum atomic E-state index is -0.113. The molecule has 0 spiro atoms. The monoisotopic (exact) mass is 424 g/mol. The van der Waals surface area contributed by atoms with E-state index in [9.17, 15) is 4.79 Å². The molecule has 0 radical (unpaired) electrons. The van der Waals surface area contributed by atoms with Gasteiger partial charge in [0, 0.05) is 29.0 Å². The Balaban J connectivity index is 1.51.